The predicted octanol–water partition coefficient (Wildman–Crippen LogP) is 3.02. The van der Waals surface area contributed by atoms with E-state index in [2.05, 4.69) is 34.3 Å². The van der Waals surface area contributed by atoms with Crippen LogP contribution >= 0.6 is 0 Å². The fourth-order valence-corrected chi connectivity index (χ4v) is 3.81. The van der Waals surface area contributed by atoms with Gasteiger partial charge in [-0.15, -0.1) is 0 Å². The molecular weight excluding hydrogens is 448 g/mol. The van der Waals surface area contributed by atoms with Crippen LogP contribution in [0.4, 0.5) is 0 Å². The molecule has 35 heavy (non-hydrogen) atoms. The Hall–Kier alpha value is -3.30. The molecule has 3 aromatic rings. The third-order valence-corrected chi connectivity index (χ3v) is 5.39. The maximum Gasteiger partial charge on any atom is 0.258 e. The summed E-state index contributed by atoms with van der Waals surface area (Å²) in [6.45, 7) is 9.59. The molecule has 0 saturated heterocycles. The molecular formula is C26H34N4O5. The molecule has 2 aromatic heterocycles. The van der Waals surface area contributed by atoms with Gasteiger partial charge in [0.05, 0.1) is 0 Å². The van der Waals surface area contributed by atoms with Crippen LogP contribution in [0, 0.1) is 19.8 Å². The number of ether oxygens (including phenoxy) is 1. The predicted molar refractivity (Wildman–Crippen MR) is 132 cm³/mol. The molecule has 0 fully saturated rings. The van der Waals surface area contributed by atoms with E-state index in [4.69, 9.17) is 14.4 Å². The Labute approximate surface area is 205 Å². The molecule has 0 saturated carbocycles. The standard InChI is InChI=1S/C26H34N4O5/c1-6-18-10-19(8-16(4)24(18)34-14-22(32)12-27-23(33)13-31)25-29-26(35-30-25)20-9-17(5)28-21(11-20)7-15(2)3/h8-11,15,22,31-32H,6-7,12-14H2,1-5H3,(H,27,33)/t22-/m0/s1. The van der Waals surface area contributed by atoms with Crippen LogP contribution in [0.5, 0.6) is 5.75 Å². The van der Waals surface area contributed by atoms with Gasteiger partial charge in [0.2, 0.25) is 11.7 Å². The number of carbonyl (C=O) groups excluding carboxylic acids is 1. The van der Waals surface area contributed by atoms with Crippen molar-refractivity contribution in [1.29, 1.82) is 0 Å². The van der Waals surface area contributed by atoms with E-state index in [0.717, 1.165) is 40.1 Å². The monoisotopic (exact) mass is 482 g/mol. The molecule has 0 spiro atoms. The van der Waals surface area contributed by atoms with Crippen molar-refractivity contribution < 1.29 is 24.3 Å². The number of carbonyl (C=O) groups is 1. The molecule has 0 radical (unpaired) electrons. The van der Waals surface area contributed by atoms with Crippen molar-refractivity contribution in [3.05, 3.63) is 46.8 Å². The van der Waals surface area contributed by atoms with Crippen LogP contribution in [-0.2, 0) is 17.6 Å². The second-order valence-electron chi connectivity index (χ2n) is 9.07. The van der Waals surface area contributed by atoms with Gasteiger partial charge in [0.25, 0.3) is 5.89 Å². The minimum absolute atomic E-state index is 0.00299. The summed E-state index contributed by atoms with van der Waals surface area (Å²) < 4.78 is 11.5. The summed E-state index contributed by atoms with van der Waals surface area (Å²) in [6, 6.07) is 7.82. The van der Waals surface area contributed by atoms with E-state index in [1.165, 1.54) is 0 Å². The fraction of sp³-hybridized carbons (Fsp3) is 0.462. The summed E-state index contributed by atoms with van der Waals surface area (Å²) in [4.78, 5) is 20.4. The molecule has 9 nitrogen and oxygen atoms in total. The highest BCUT2D eigenvalue weighted by atomic mass is 16.5. The van der Waals surface area contributed by atoms with E-state index in [-0.39, 0.29) is 13.2 Å². The van der Waals surface area contributed by atoms with E-state index in [9.17, 15) is 9.90 Å². The smallest absolute Gasteiger partial charge is 0.258 e. The largest absolute Gasteiger partial charge is 0.490 e. The zero-order valence-electron chi connectivity index (χ0n) is 21.0. The zero-order valence-corrected chi connectivity index (χ0v) is 21.0. The lowest BCUT2D eigenvalue weighted by Gasteiger charge is -2.17. The zero-order chi connectivity index (χ0) is 25.5. The number of aliphatic hydroxyl groups is 2. The van der Waals surface area contributed by atoms with E-state index in [1.807, 2.05) is 45.0 Å². The first-order valence-corrected chi connectivity index (χ1v) is 11.8. The molecule has 3 rings (SSSR count). The molecule has 0 aliphatic rings. The van der Waals surface area contributed by atoms with Gasteiger partial charge in [-0.05, 0) is 68.0 Å². The topological polar surface area (TPSA) is 131 Å². The van der Waals surface area contributed by atoms with Crippen molar-refractivity contribution in [2.24, 2.45) is 5.92 Å². The highest BCUT2D eigenvalue weighted by molar-refractivity contribution is 5.76. The second-order valence-corrected chi connectivity index (χ2v) is 9.07. The summed E-state index contributed by atoms with van der Waals surface area (Å²) in [6.07, 6.45) is 0.672. The van der Waals surface area contributed by atoms with Crippen molar-refractivity contribution in [1.82, 2.24) is 20.4 Å². The molecule has 188 valence electrons. The van der Waals surface area contributed by atoms with Crippen LogP contribution in [0.15, 0.2) is 28.8 Å². The Morgan fingerprint density at radius 1 is 1.14 bits per heavy atom. The Morgan fingerprint density at radius 2 is 1.91 bits per heavy atom. The molecule has 1 amide bonds. The molecule has 3 N–H and O–H groups in total. The van der Waals surface area contributed by atoms with Gasteiger partial charge < -0.3 is 24.8 Å². The molecule has 0 aliphatic carbocycles. The Balaban J connectivity index is 1.79. The van der Waals surface area contributed by atoms with Gasteiger partial charge >= 0.3 is 0 Å². The number of amides is 1. The number of aliphatic hydroxyl groups excluding tert-OH is 2. The van der Waals surface area contributed by atoms with Crippen LogP contribution in [0.2, 0.25) is 0 Å². The molecule has 9 heteroatoms. The lowest BCUT2D eigenvalue weighted by molar-refractivity contribution is -0.124. The number of pyridine rings is 1. The number of hydrogen-bond donors (Lipinski definition) is 3. The quantitative estimate of drug-likeness (QED) is 0.380. The van der Waals surface area contributed by atoms with Gasteiger partial charge in [-0.1, -0.05) is 25.9 Å². The lowest BCUT2D eigenvalue weighted by atomic mass is 10.0. The average molecular weight is 483 g/mol. The number of aromatic nitrogens is 3. The first-order chi connectivity index (χ1) is 16.7. The van der Waals surface area contributed by atoms with E-state index >= 15 is 0 Å². The van der Waals surface area contributed by atoms with E-state index in [0.29, 0.717) is 29.8 Å². The summed E-state index contributed by atoms with van der Waals surface area (Å²) >= 11 is 0. The number of aryl methyl sites for hydroxylation is 3. The number of nitrogens with one attached hydrogen (secondary N) is 1. The highest BCUT2D eigenvalue weighted by Gasteiger charge is 2.17. The summed E-state index contributed by atoms with van der Waals surface area (Å²) in [5, 5.41) is 25.5. The minimum Gasteiger partial charge on any atom is -0.490 e. The number of hydrogen-bond acceptors (Lipinski definition) is 8. The maximum atomic E-state index is 11.1. The van der Waals surface area contributed by atoms with Crippen LogP contribution in [0.25, 0.3) is 22.8 Å². The van der Waals surface area contributed by atoms with Gasteiger partial charge in [0.15, 0.2) is 0 Å². The molecule has 1 aromatic carbocycles. The Morgan fingerprint density at radius 3 is 2.60 bits per heavy atom. The number of nitrogens with zero attached hydrogens (tertiary/aromatic N) is 3. The van der Waals surface area contributed by atoms with Crippen molar-refractivity contribution in [3.63, 3.8) is 0 Å². The minimum atomic E-state index is -0.904. The highest BCUT2D eigenvalue weighted by Crippen LogP contribution is 2.31. The van der Waals surface area contributed by atoms with Crippen molar-refractivity contribution >= 4 is 5.91 Å². The van der Waals surface area contributed by atoms with Crippen LogP contribution < -0.4 is 10.1 Å². The normalized spacial score (nSPS) is 12.1. The maximum absolute atomic E-state index is 11.1. The van der Waals surface area contributed by atoms with Gasteiger partial charge in [0, 0.05) is 29.1 Å². The van der Waals surface area contributed by atoms with Gasteiger partial charge in [-0.3, -0.25) is 9.78 Å². The van der Waals surface area contributed by atoms with Crippen LogP contribution in [0.1, 0.15) is 43.3 Å². The first kappa shape index (κ1) is 26.3. The van der Waals surface area contributed by atoms with Crippen LogP contribution in [0.3, 0.4) is 0 Å². The fourth-order valence-electron chi connectivity index (χ4n) is 3.81. The van der Waals surface area contributed by atoms with Gasteiger partial charge in [-0.25, -0.2) is 0 Å². The third-order valence-electron chi connectivity index (χ3n) is 5.39. The molecule has 1 atom stereocenters. The summed E-state index contributed by atoms with van der Waals surface area (Å²) in [7, 11) is 0. The third kappa shape index (κ3) is 7.10. The molecule has 2 heterocycles. The van der Waals surface area contributed by atoms with Crippen molar-refractivity contribution in [2.45, 2.75) is 53.6 Å². The summed E-state index contributed by atoms with van der Waals surface area (Å²) in [5.74, 6) is 1.55. The van der Waals surface area contributed by atoms with Gasteiger partial charge in [0.1, 0.15) is 25.1 Å². The van der Waals surface area contributed by atoms with Crippen LogP contribution in [-0.4, -0.2) is 57.1 Å². The Kier molecular flexibility index (Phi) is 8.95. The lowest BCUT2D eigenvalue weighted by Crippen LogP contribution is -2.36. The molecule has 0 aliphatic heterocycles. The Bertz CT molecular complexity index is 1160. The molecule has 0 bridgehead atoms. The van der Waals surface area contributed by atoms with Crippen molar-refractivity contribution in [2.75, 3.05) is 19.8 Å². The first-order valence-electron chi connectivity index (χ1n) is 11.8. The average Bonchev–Trinajstić information content (AvgIpc) is 3.31. The van der Waals surface area contributed by atoms with Gasteiger partial charge in [-0.2, -0.15) is 4.98 Å². The molecule has 0 unspecified atom stereocenters. The second kappa shape index (κ2) is 11.9. The number of benzene rings is 1. The SMILES string of the molecule is CCc1cc(-c2noc(-c3cc(C)nc(CC(C)C)c3)n2)cc(C)c1OC[C@@H](O)CNC(=O)CO. The summed E-state index contributed by atoms with van der Waals surface area (Å²) in [5.41, 5.74) is 5.38. The van der Waals surface area contributed by atoms with E-state index < -0.39 is 18.6 Å². The van der Waals surface area contributed by atoms with Crippen molar-refractivity contribution in [3.8, 4) is 28.6 Å². The number of rotatable bonds is 11. The van der Waals surface area contributed by atoms with E-state index in [1.54, 1.807) is 0 Å².